The van der Waals surface area contributed by atoms with Gasteiger partial charge in [-0.25, -0.2) is 0 Å². The predicted molar refractivity (Wildman–Crippen MR) is 144 cm³/mol. The molecule has 1 unspecified atom stereocenters. The molecule has 1 heterocycles. The molecule has 3 rings (SSSR count). The molecule has 0 aromatic heterocycles. The summed E-state index contributed by atoms with van der Waals surface area (Å²) < 4.78 is 16.6. The molecule has 8 heteroatoms. The first-order valence-electron chi connectivity index (χ1n) is 11.2. The van der Waals surface area contributed by atoms with Gasteiger partial charge < -0.3 is 24.4 Å². The maximum absolute atomic E-state index is 5.59. The molecular weight excluding hydrogens is 531 g/mol. The highest BCUT2D eigenvalue weighted by atomic mass is 127. The molecule has 33 heavy (non-hydrogen) atoms. The third-order valence-corrected chi connectivity index (χ3v) is 5.65. The van der Waals surface area contributed by atoms with Crippen LogP contribution in [0.25, 0.3) is 0 Å². The number of methoxy groups -OCH3 is 2. The van der Waals surface area contributed by atoms with Gasteiger partial charge in [-0.05, 0) is 30.2 Å². The van der Waals surface area contributed by atoms with Crippen LogP contribution in [-0.4, -0.2) is 76.4 Å². The number of ether oxygens (including phenoxy) is 3. The van der Waals surface area contributed by atoms with Gasteiger partial charge in [-0.15, -0.1) is 24.0 Å². The topological polar surface area (TPSA) is 58.6 Å². The van der Waals surface area contributed by atoms with Crippen LogP contribution in [0, 0.1) is 0 Å². The van der Waals surface area contributed by atoms with E-state index in [1.165, 1.54) is 5.56 Å². The first-order valence-corrected chi connectivity index (χ1v) is 11.2. The molecular formula is C25H37IN4O3. The Kier molecular flexibility index (Phi) is 11.8. The fourth-order valence-electron chi connectivity index (χ4n) is 3.96. The molecule has 0 aliphatic carbocycles. The number of hydrogen-bond acceptors (Lipinski definition) is 5. The summed E-state index contributed by atoms with van der Waals surface area (Å²) in [5, 5.41) is 3.44. The minimum absolute atomic E-state index is 0. The zero-order chi connectivity index (χ0) is 22.8. The van der Waals surface area contributed by atoms with Crippen LogP contribution in [0.4, 0.5) is 0 Å². The van der Waals surface area contributed by atoms with Crippen molar-refractivity contribution >= 4 is 29.9 Å². The normalized spacial score (nSPS) is 15.3. The van der Waals surface area contributed by atoms with E-state index in [9.17, 15) is 0 Å². The number of nitrogens with one attached hydrogen (secondary N) is 1. The average molecular weight is 569 g/mol. The fourth-order valence-corrected chi connectivity index (χ4v) is 3.96. The standard InChI is InChI=1S/C25H36N4O3.HI/c1-5-26-25(28(2)19-20-9-7-6-8-10-20)27-18-22(29-13-15-32-16-14-29)21-11-12-23(30-3)24(17-21)31-4;/h6-12,17,22H,5,13-16,18-19H2,1-4H3,(H,26,27);1H. The van der Waals surface area contributed by atoms with Crippen molar-refractivity contribution in [2.24, 2.45) is 4.99 Å². The van der Waals surface area contributed by atoms with Crippen molar-refractivity contribution in [3.63, 3.8) is 0 Å². The highest BCUT2D eigenvalue weighted by molar-refractivity contribution is 14.0. The third kappa shape index (κ3) is 7.75. The van der Waals surface area contributed by atoms with E-state index in [-0.39, 0.29) is 30.0 Å². The summed E-state index contributed by atoms with van der Waals surface area (Å²) in [6.07, 6.45) is 0. The molecule has 2 aromatic carbocycles. The van der Waals surface area contributed by atoms with Crippen LogP contribution in [-0.2, 0) is 11.3 Å². The lowest BCUT2D eigenvalue weighted by Crippen LogP contribution is -2.42. The van der Waals surface area contributed by atoms with Gasteiger partial charge in [0, 0.05) is 33.2 Å². The number of hydrogen-bond donors (Lipinski definition) is 1. The SMILES string of the molecule is CCNC(=NCC(c1ccc(OC)c(OC)c1)N1CCOCC1)N(C)Cc1ccccc1.I. The Labute approximate surface area is 215 Å². The van der Waals surface area contributed by atoms with Gasteiger partial charge >= 0.3 is 0 Å². The quantitative estimate of drug-likeness (QED) is 0.282. The first kappa shape index (κ1) is 27.2. The van der Waals surface area contributed by atoms with Crippen LogP contribution in [0.2, 0.25) is 0 Å². The summed E-state index contributed by atoms with van der Waals surface area (Å²) in [6, 6.07) is 16.7. The molecule has 1 aliphatic rings. The number of benzene rings is 2. The van der Waals surface area contributed by atoms with Crippen LogP contribution in [0.15, 0.2) is 53.5 Å². The van der Waals surface area contributed by atoms with Crippen LogP contribution >= 0.6 is 24.0 Å². The van der Waals surface area contributed by atoms with E-state index in [1.54, 1.807) is 14.2 Å². The van der Waals surface area contributed by atoms with Gasteiger partial charge in [0.1, 0.15) is 0 Å². The van der Waals surface area contributed by atoms with Crippen molar-refractivity contribution in [1.82, 2.24) is 15.1 Å². The number of guanidine groups is 1. The lowest BCUT2D eigenvalue weighted by Gasteiger charge is -2.34. The number of halogens is 1. The average Bonchev–Trinajstić information content (AvgIpc) is 2.84. The number of nitrogens with zero attached hydrogens (tertiary/aromatic N) is 3. The summed E-state index contributed by atoms with van der Waals surface area (Å²) in [5.41, 5.74) is 2.42. The van der Waals surface area contributed by atoms with Crippen molar-refractivity contribution in [3.05, 3.63) is 59.7 Å². The van der Waals surface area contributed by atoms with E-state index in [1.807, 2.05) is 12.1 Å². The van der Waals surface area contributed by atoms with E-state index >= 15 is 0 Å². The Morgan fingerprint density at radius 2 is 1.79 bits per heavy atom. The van der Waals surface area contributed by atoms with E-state index in [0.717, 1.165) is 62.4 Å². The van der Waals surface area contributed by atoms with Crippen LogP contribution in [0.1, 0.15) is 24.1 Å². The van der Waals surface area contributed by atoms with Gasteiger partial charge in [-0.3, -0.25) is 9.89 Å². The molecule has 1 aliphatic heterocycles. The number of rotatable bonds is 9. The smallest absolute Gasteiger partial charge is 0.194 e. The van der Waals surface area contributed by atoms with Gasteiger partial charge in [-0.2, -0.15) is 0 Å². The van der Waals surface area contributed by atoms with Crippen LogP contribution < -0.4 is 14.8 Å². The monoisotopic (exact) mass is 568 g/mol. The van der Waals surface area contributed by atoms with Crippen LogP contribution in [0.5, 0.6) is 11.5 Å². The van der Waals surface area contributed by atoms with Crippen molar-refractivity contribution < 1.29 is 14.2 Å². The Morgan fingerprint density at radius 1 is 1.09 bits per heavy atom. The molecule has 1 N–H and O–H groups in total. The second-order valence-electron chi connectivity index (χ2n) is 7.81. The first-order chi connectivity index (χ1) is 15.7. The molecule has 0 amide bonds. The maximum Gasteiger partial charge on any atom is 0.194 e. The van der Waals surface area contributed by atoms with E-state index in [4.69, 9.17) is 19.2 Å². The van der Waals surface area contributed by atoms with Crippen LogP contribution in [0.3, 0.4) is 0 Å². The molecule has 1 atom stereocenters. The summed E-state index contributed by atoms with van der Waals surface area (Å²) in [5.74, 6) is 2.37. The number of morpholine rings is 1. The van der Waals surface area contributed by atoms with Gasteiger partial charge in [0.25, 0.3) is 0 Å². The molecule has 0 radical (unpaired) electrons. The molecule has 1 saturated heterocycles. The van der Waals surface area contributed by atoms with E-state index < -0.39 is 0 Å². The summed E-state index contributed by atoms with van der Waals surface area (Å²) in [4.78, 5) is 9.65. The van der Waals surface area contributed by atoms with Crippen molar-refractivity contribution in [2.45, 2.75) is 19.5 Å². The molecule has 1 fully saturated rings. The van der Waals surface area contributed by atoms with Crippen molar-refractivity contribution in [3.8, 4) is 11.5 Å². The van der Waals surface area contributed by atoms with E-state index in [0.29, 0.717) is 6.54 Å². The Balaban J connectivity index is 0.00000385. The van der Waals surface area contributed by atoms with Gasteiger partial charge in [0.2, 0.25) is 0 Å². The second-order valence-corrected chi connectivity index (χ2v) is 7.81. The summed E-state index contributed by atoms with van der Waals surface area (Å²) in [7, 11) is 5.41. The Morgan fingerprint density at radius 3 is 2.42 bits per heavy atom. The van der Waals surface area contributed by atoms with Crippen molar-refractivity contribution in [1.29, 1.82) is 0 Å². The number of aliphatic imine (C=N–C) groups is 1. The maximum atomic E-state index is 5.59. The lowest BCUT2D eigenvalue weighted by molar-refractivity contribution is 0.0179. The zero-order valence-electron chi connectivity index (χ0n) is 20.1. The third-order valence-electron chi connectivity index (χ3n) is 5.65. The van der Waals surface area contributed by atoms with Gasteiger partial charge in [-0.1, -0.05) is 36.4 Å². The largest absolute Gasteiger partial charge is 0.493 e. The predicted octanol–water partition coefficient (Wildman–Crippen LogP) is 3.79. The minimum Gasteiger partial charge on any atom is -0.493 e. The molecule has 0 saturated carbocycles. The Hall–Kier alpha value is -2.04. The molecule has 7 nitrogen and oxygen atoms in total. The summed E-state index contributed by atoms with van der Waals surface area (Å²) >= 11 is 0. The van der Waals surface area contributed by atoms with Crippen molar-refractivity contribution in [2.75, 3.05) is 60.7 Å². The van der Waals surface area contributed by atoms with E-state index in [2.05, 4.69) is 65.5 Å². The zero-order valence-corrected chi connectivity index (χ0v) is 22.5. The highest BCUT2D eigenvalue weighted by Gasteiger charge is 2.24. The second kappa shape index (κ2) is 14.3. The van der Waals surface area contributed by atoms with Gasteiger partial charge in [0.15, 0.2) is 17.5 Å². The lowest BCUT2D eigenvalue weighted by atomic mass is 10.0. The highest BCUT2D eigenvalue weighted by Crippen LogP contribution is 2.32. The molecule has 0 spiro atoms. The fraction of sp³-hybridized carbons (Fsp3) is 0.480. The molecule has 182 valence electrons. The minimum atomic E-state index is 0. The summed E-state index contributed by atoms with van der Waals surface area (Å²) in [6.45, 7) is 7.58. The molecule has 0 bridgehead atoms. The molecule has 2 aromatic rings. The Bertz CT molecular complexity index is 860. The van der Waals surface area contributed by atoms with Gasteiger partial charge in [0.05, 0.1) is 40.0 Å².